The van der Waals surface area contributed by atoms with Crippen molar-refractivity contribution in [1.82, 2.24) is 10.3 Å². The van der Waals surface area contributed by atoms with Crippen LogP contribution in [-0.4, -0.2) is 29.3 Å². The first-order valence-electron chi connectivity index (χ1n) is 7.39. The lowest BCUT2D eigenvalue weighted by molar-refractivity contribution is 0.195. The largest absolute Gasteiger partial charge is 0.489 e. The SMILES string of the molecule is CCCCc1nc2ccc(OCC(=CF)CNC(=O)O)cc2o1. The van der Waals surface area contributed by atoms with Gasteiger partial charge in [0.15, 0.2) is 11.5 Å². The normalized spacial score (nSPS) is 11.7. The van der Waals surface area contributed by atoms with E-state index in [0.717, 1.165) is 24.8 Å². The van der Waals surface area contributed by atoms with Crippen LogP contribution in [0.3, 0.4) is 0 Å². The highest BCUT2D eigenvalue weighted by molar-refractivity contribution is 5.74. The van der Waals surface area contributed by atoms with Gasteiger partial charge in [-0.2, -0.15) is 0 Å². The predicted molar refractivity (Wildman–Crippen MR) is 83.3 cm³/mol. The Kier molecular flexibility index (Phi) is 5.96. The number of aromatic nitrogens is 1. The van der Waals surface area contributed by atoms with E-state index in [1.807, 2.05) is 0 Å². The molecule has 0 aliphatic carbocycles. The fraction of sp³-hybridized carbons (Fsp3) is 0.375. The van der Waals surface area contributed by atoms with Crippen molar-refractivity contribution in [2.45, 2.75) is 26.2 Å². The number of ether oxygens (including phenoxy) is 1. The third-order valence-corrected chi connectivity index (χ3v) is 3.19. The van der Waals surface area contributed by atoms with Gasteiger partial charge in [-0.3, -0.25) is 0 Å². The first kappa shape index (κ1) is 16.8. The van der Waals surface area contributed by atoms with Gasteiger partial charge in [0.1, 0.15) is 17.9 Å². The van der Waals surface area contributed by atoms with Crippen LogP contribution in [0.15, 0.2) is 34.5 Å². The molecule has 23 heavy (non-hydrogen) atoms. The second-order valence-corrected chi connectivity index (χ2v) is 5.06. The standard InChI is InChI=1S/C16H19FN2O4/c1-2-3-4-15-19-13-6-5-12(7-14(13)23-15)22-10-11(8-17)9-18-16(20)21/h5-8,18H,2-4,9-10H2,1H3,(H,20,21). The van der Waals surface area contributed by atoms with Crippen LogP contribution in [0.25, 0.3) is 11.1 Å². The monoisotopic (exact) mass is 322 g/mol. The highest BCUT2D eigenvalue weighted by Gasteiger charge is 2.08. The second kappa shape index (κ2) is 8.17. The number of nitrogens with one attached hydrogen (secondary N) is 1. The molecule has 0 saturated carbocycles. The van der Waals surface area contributed by atoms with Gasteiger partial charge in [0, 0.05) is 24.6 Å². The fourth-order valence-electron chi connectivity index (χ4n) is 1.96. The van der Waals surface area contributed by atoms with E-state index in [0.29, 0.717) is 23.6 Å². The fourth-order valence-corrected chi connectivity index (χ4v) is 1.96. The zero-order valence-electron chi connectivity index (χ0n) is 12.8. The molecule has 124 valence electrons. The molecule has 1 heterocycles. The van der Waals surface area contributed by atoms with E-state index in [-0.39, 0.29) is 18.7 Å². The topological polar surface area (TPSA) is 84.6 Å². The van der Waals surface area contributed by atoms with E-state index in [2.05, 4.69) is 17.2 Å². The summed E-state index contributed by atoms with van der Waals surface area (Å²) in [6.07, 6.45) is 1.99. The van der Waals surface area contributed by atoms with E-state index in [1.54, 1.807) is 18.2 Å². The van der Waals surface area contributed by atoms with Crippen molar-refractivity contribution in [2.75, 3.05) is 13.2 Å². The summed E-state index contributed by atoms with van der Waals surface area (Å²) in [5.74, 6) is 1.19. The molecule has 1 aromatic heterocycles. The minimum atomic E-state index is -1.22. The molecule has 0 saturated heterocycles. The van der Waals surface area contributed by atoms with Crippen LogP contribution in [0.4, 0.5) is 9.18 Å². The molecule has 2 N–H and O–H groups in total. The van der Waals surface area contributed by atoms with Crippen LogP contribution in [0.5, 0.6) is 5.75 Å². The van der Waals surface area contributed by atoms with Crippen molar-refractivity contribution in [3.05, 3.63) is 36.0 Å². The predicted octanol–water partition coefficient (Wildman–Crippen LogP) is 3.67. The zero-order valence-corrected chi connectivity index (χ0v) is 12.8. The van der Waals surface area contributed by atoms with Crippen LogP contribution >= 0.6 is 0 Å². The Morgan fingerprint density at radius 2 is 2.35 bits per heavy atom. The molecular weight excluding hydrogens is 303 g/mol. The molecule has 0 spiro atoms. The molecule has 0 aliphatic heterocycles. The molecule has 7 heteroatoms. The number of fused-ring (bicyclic) bond motifs is 1. The number of oxazole rings is 1. The minimum Gasteiger partial charge on any atom is -0.489 e. The molecule has 0 atom stereocenters. The van der Waals surface area contributed by atoms with Crippen molar-refractivity contribution >= 4 is 17.2 Å². The maximum absolute atomic E-state index is 12.7. The summed E-state index contributed by atoms with van der Waals surface area (Å²) in [7, 11) is 0. The number of carboxylic acid groups (broad SMARTS) is 1. The van der Waals surface area contributed by atoms with Gasteiger partial charge < -0.3 is 19.6 Å². The lowest BCUT2D eigenvalue weighted by atomic mass is 10.2. The molecule has 1 aromatic carbocycles. The van der Waals surface area contributed by atoms with Gasteiger partial charge in [-0.25, -0.2) is 14.2 Å². The molecule has 0 aliphatic rings. The summed E-state index contributed by atoms with van der Waals surface area (Å²) in [5.41, 5.74) is 1.55. The minimum absolute atomic E-state index is 0.0564. The number of amides is 1. The number of unbranched alkanes of at least 4 members (excludes halogenated alkanes) is 1. The molecule has 0 radical (unpaired) electrons. The first-order valence-corrected chi connectivity index (χ1v) is 7.39. The number of aryl methyl sites for hydroxylation is 1. The molecule has 2 rings (SSSR count). The molecule has 0 fully saturated rings. The van der Waals surface area contributed by atoms with Crippen LogP contribution in [0.1, 0.15) is 25.7 Å². The van der Waals surface area contributed by atoms with E-state index in [4.69, 9.17) is 14.3 Å². The molecule has 1 amide bonds. The third-order valence-electron chi connectivity index (χ3n) is 3.19. The zero-order chi connectivity index (χ0) is 16.7. The van der Waals surface area contributed by atoms with E-state index in [1.165, 1.54) is 0 Å². The Hall–Kier alpha value is -2.57. The van der Waals surface area contributed by atoms with Gasteiger partial charge in [-0.1, -0.05) is 13.3 Å². The number of nitrogens with zero attached hydrogens (tertiary/aromatic N) is 1. The van der Waals surface area contributed by atoms with Crippen LogP contribution in [-0.2, 0) is 6.42 Å². The van der Waals surface area contributed by atoms with Gasteiger partial charge in [-0.15, -0.1) is 0 Å². The molecular formula is C16H19FN2O4. The number of benzene rings is 1. The van der Waals surface area contributed by atoms with Gasteiger partial charge in [0.2, 0.25) is 0 Å². The van der Waals surface area contributed by atoms with Gasteiger partial charge in [0.05, 0.1) is 6.33 Å². The average Bonchev–Trinajstić information content (AvgIpc) is 2.94. The second-order valence-electron chi connectivity index (χ2n) is 5.06. The Balaban J connectivity index is 1.98. The summed E-state index contributed by atoms with van der Waals surface area (Å²) in [6, 6.07) is 5.19. The van der Waals surface area contributed by atoms with E-state index >= 15 is 0 Å². The van der Waals surface area contributed by atoms with Crippen LogP contribution < -0.4 is 10.1 Å². The van der Waals surface area contributed by atoms with Crippen molar-refractivity contribution < 1.29 is 23.4 Å². The summed E-state index contributed by atoms with van der Waals surface area (Å²) >= 11 is 0. The van der Waals surface area contributed by atoms with Gasteiger partial charge in [-0.05, 0) is 18.6 Å². The number of halogens is 1. The van der Waals surface area contributed by atoms with Gasteiger partial charge in [0.25, 0.3) is 0 Å². The molecule has 0 unspecified atom stereocenters. The average molecular weight is 322 g/mol. The van der Waals surface area contributed by atoms with Crippen LogP contribution in [0.2, 0.25) is 0 Å². The lowest BCUT2D eigenvalue weighted by Crippen LogP contribution is -2.25. The summed E-state index contributed by atoms with van der Waals surface area (Å²) < 4.78 is 23.8. The highest BCUT2D eigenvalue weighted by Crippen LogP contribution is 2.22. The molecule has 2 aromatic rings. The Morgan fingerprint density at radius 3 is 3.04 bits per heavy atom. The number of rotatable bonds is 8. The molecule has 6 nitrogen and oxygen atoms in total. The van der Waals surface area contributed by atoms with Gasteiger partial charge >= 0.3 is 6.09 Å². The third kappa shape index (κ3) is 4.98. The van der Waals surface area contributed by atoms with Crippen molar-refractivity contribution in [1.29, 1.82) is 0 Å². The van der Waals surface area contributed by atoms with Crippen LogP contribution in [0, 0.1) is 0 Å². The smallest absolute Gasteiger partial charge is 0.404 e. The van der Waals surface area contributed by atoms with Crippen molar-refractivity contribution in [3.63, 3.8) is 0 Å². The Bertz CT molecular complexity index is 696. The van der Waals surface area contributed by atoms with E-state index < -0.39 is 6.09 Å². The number of hydrogen-bond donors (Lipinski definition) is 2. The van der Waals surface area contributed by atoms with E-state index in [9.17, 15) is 9.18 Å². The highest BCUT2D eigenvalue weighted by atomic mass is 19.1. The van der Waals surface area contributed by atoms with Crippen molar-refractivity contribution in [3.8, 4) is 5.75 Å². The first-order chi connectivity index (χ1) is 11.1. The quantitative estimate of drug-likeness (QED) is 0.774. The lowest BCUT2D eigenvalue weighted by Gasteiger charge is -2.08. The maximum atomic E-state index is 12.7. The number of carbonyl (C=O) groups is 1. The molecule has 0 bridgehead atoms. The Morgan fingerprint density at radius 1 is 1.52 bits per heavy atom. The summed E-state index contributed by atoms with van der Waals surface area (Å²) in [5, 5.41) is 10.6. The summed E-state index contributed by atoms with van der Waals surface area (Å²) in [6.45, 7) is 1.92. The number of hydrogen-bond acceptors (Lipinski definition) is 4. The maximum Gasteiger partial charge on any atom is 0.404 e. The summed E-state index contributed by atoms with van der Waals surface area (Å²) in [4.78, 5) is 14.8. The Labute approximate surface area is 133 Å². The van der Waals surface area contributed by atoms with Crippen molar-refractivity contribution in [2.24, 2.45) is 0 Å².